The quantitative estimate of drug-likeness (QED) is 0.245. The molecule has 39 heavy (non-hydrogen) atoms. The Bertz CT molecular complexity index is 1730. The maximum absolute atomic E-state index is 13.9. The fourth-order valence-corrected chi connectivity index (χ4v) is 7.40. The Morgan fingerprint density at radius 1 is 0.821 bits per heavy atom. The molecule has 0 unspecified atom stereocenters. The summed E-state index contributed by atoms with van der Waals surface area (Å²) in [6, 6.07) is 19.7. The highest BCUT2D eigenvalue weighted by Crippen LogP contribution is 2.56. The summed E-state index contributed by atoms with van der Waals surface area (Å²) in [5.74, 6) is -3.05. The van der Waals surface area contributed by atoms with Gasteiger partial charge in [-0.15, -0.1) is 0 Å². The van der Waals surface area contributed by atoms with Gasteiger partial charge >= 0.3 is 0 Å². The summed E-state index contributed by atoms with van der Waals surface area (Å²) in [4.78, 5) is 55.7. The lowest BCUT2D eigenvalue weighted by Crippen LogP contribution is -2.39. The highest BCUT2D eigenvalue weighted by Gasteiger charge is 2.56. The van der Waals surface area contributed by atoms with Crippen LogP contribution in [-0.4, -0.2) is 28.5 Å². The summed E-state index contributed by atoms with van der Waals surface area (Å²) in [6.07, 6.45) is 3.92. The monoisotopic (exact) mass is 579 g/mol. The average Bonchev–Trinajstić information content (AvgIpc) is 3.21. The van der Waals surface area contributed by atoms with Crippen LogP contribution in [0.3, 0.4) is 0 Å². The molecule has 7 heteroatoms. The van der Waals surface area contributed by atoms with E-state index in [4.69, 9.17) is 0 Å². The van der Waals surface area contributed by atoms with E-state index in [1.54, 1.807) is 36.4 Å². The number of hydrogen-bond donors (Lipinski definition) is 1. The van der Waals surface area contributed by atoms with Crippen molar-refractivity contribution in [2.75, 3.05) is 4.90 Å². The van der Waals surface area contributed by atoms with E-state index in [2.05, 4.69) is 15.9 Å². The number of halogens is 1. The fraction of sp³-hybridized carbons (Fsp3) is 0.188. The van der Waals surface area contributed by atoms with Crippen LogP contribution in [0.15, 0.2) is 100 Å². The number of Topliss-reactive ketones (excluding diaryl/α,β-unsaturated/α-hetero) is 1. The number of nitrogens with zero attached hydrogens (tertiary/aromatic N) is 1. The molecule has 0 radical (unpaired) electrons. The number of phenols is 1. The molecule has 4 aliphatic rings. The number of amides is 2. The van der Waals surface area contributed by atoms with Crippen LogP contribution in [0.2, 0.25) is 0 Å². The number of aromatic hydroxyl groups is 1. The van der Waals surface area contributed by atoms with Gasteiger partial charge in [-0.1, -0.05) is 60.2 Å². The van der Waals surface area contributed by atoms with Gasteiger partial charge in [-0.3, -0.25) is 24.1 Å². The van der Waals surface area contributed by atoms with Crippen LogP contribution >= 0.6 is 15.9 Å². The number of rotatable bonds is 2. The summed E-state index contributed by atoms with van der Waals surface area (Å²) in [6.45, 7) is 0. The first-order valence-corrected chi connectivity index (χ1v) is 13.7. The van der Waals surface area contributed by atoms with Crippen LogP contribution in [0.25, 0.3) is 10.8 Å². The van der Waals surface area contributed by atoms with Crippen molar-refractivity contribution < 1.29 is 24.3 Å². The maximum atomic E-state index is 13.9. The van der Waals surface area contributed by atoms with Crippen molar-refractivity contribution in [1.29, 1.82) is 0 Å². The van der Waals surface area contributed by atoms with Crippen LogP contribution in [0.4, 0.5) is 5.69 Å². The molecule has 6 nitrogen and oxygen atoms in total. The van der Waals surface area contributed by atoms with Gasteiger partial charge in [0, 0.05) is 28.5 Å². The number of allylic oxidation sites excluding steroid dienone is 6. The lowest BCUT2D eigenvalue weighted by atomic mass is 9.59. The summed E-state index contributed by atoms with van der Waals surface area (Å²) in [5, 5.41) is 12.0. The molecular formula is C32H22BrNO5. The minimum atomic E-state index is -0.634. The Labute approximate surface area is 232 Å². The predicted octanol–water partition coefficient (Wildman–Crippen LogP) is 5.51. The van der Waals surface area contributed by atoms with Gasteiger partial charge < -0.3 is 5.11 Å². The number of hydrogen-bond acceptors (Lipinski definition) is 5. The first-order chi connectivity index (χ1) is 18.9. The fourth-order valence-electron chi connectivity index (χ4n) is 6.95. The van der Waals surface area contributed by atoms with Gasteiger partial charge in [-0.05, 0) is 63.8 Å². The van der Waals surface area contributed by atoms with E-state index in [-0.39, 0.29) is 40.0 Å². The van der Waals surface area contributed by atoms with Gasteiger partial charge in [0.05, 0.1) is 22.0 Å². The minimum Gasteiger partial charge on any atom is -0.507 e. The number of anilines is 1. The molecule has 1 fully saturated rings. The number of phenolic OH excluding ortho intramolecular Hbond substituents is 1. The highest BCUT2D eigenvalue weighted by atomic mass is 79.9. The third kappa shape index (κ3) is 3.39. The van der Waals surface area contributed by atoms with Crippen LogP contribution in [0.5, 0.6) is 5.75 Å². The molecule has 1 aliphatic heterocycles. The van der Waals surface area contributed by atoms with E-state index in [0.717, 1.165) is 16.5 Å². The molecule has 3 aliphatic carbocycles. The second-order valence-electron chi connectivity index (χ2n) is 10.5. The van der Waals surface area contributed by atoms with E-state index in [1.807, 2.05) is 36.4 Å². The molecule has 0 saturated carbocycles. The molecule has 192 valence electrons. The van der Waals surface area contributed by atoms with Crippen LogP contribution in [-0.2, 0) is 19.2 Å². The molecule has 3 aromatic rings. The predicted molar refractivity (Wildman–Crippen MR) is 149 cm³/mol. The lowest BCUT2D eigenvalue weighted by Gasteiger charge is -2.42. The van der Waals surface area contributed by atoms with Crippen LogP contribution in [0, 0.1) is 17.8 Å². The lowest BCUT2D eigenvalue weighted by molar-refractivity contribution is -0.123. The normalized spacial score (nSPS) is 26.3. The van der Waals surface area contributed by atoms with E-state index in [9.17, 15) is 24.3 Å². The minimum absolute atomic E-state index is 0.123. The van der Waals surface area contributed by atoms with Gasteiger partial charge in [0.25, 0.3) is 0 Å². The molecule has 0 spiro atoms. The van der Waals surface area contributed by atoms with Gasteiger partial charge in [0.2, 0.25) is 11.8 Å². The SMILES string of the molecule is O=C1C=C(Br)C(=O)C2=C1[C@@H](c1ccc(O)c3ccccc13)C1=CC[C@@H]3C(=O)N(c4ccccc4)C(=O)[C@@H]3[C@@H]1C2. The van der Waals surface area contributed by atoms with Crippen molar-refractivity contribution in [3.05, 3.63) is 106 Å². The Balaban J connectivity index is 1.43. The van der Waals surface area contributed by atoms with Crippen molar-refractivity contribution in [3.63, 3.8) is 0 Å². The number of benzene rings is 3. The van der Waals surface area contributed by atoms with Crippen molar-refractivity contribution in [2.45, 2.75) is 18.8 Å². The van der Waals surface area contributed by atoms with Crippen molar-refractivity contribution >= 4 is 55.8 Å². The summed E-state index contributed by atoms with van der Waals surface area (Å²) in [5.41, 5.74) is 3.01. The molecule has 1 heterocycles. The zero-order chi connectivity index (χ0) is 27.0. The standard InChI is InChI=1S/C32H22BrNO5/c33-24-15-26(36)29-23(30(24)37)14-22-20(27(29)19-12-13-25(35)18-9-5-4-8-17(18)19)10-11-21-28(22)32(39)34(31(21)38)16-6-2-1-3-7-16/h1-10,12-13,15,21-22,27-28,35H,11,14H2/t21-,22+,27-,28-/m0/s1. The zero-order valence-electron chi connectivity index (χ0n) is 20.6. The Hall–Kier alpha value is -4.10. The van der Waals surface area contributed by atoms with E-state index < -0.39 is 23.7 Å². The zero-order valence-corrected chi connectivity index (χ0v) is 22.2. The Kier molecular flexibility index (Phi) is 5.36. The molecule has 0 aromatic heterocycles. The smallest absolute Gasteiger partial charge is 0.238 e. The number of para-hydroxylation sites is 1. The van der Waals surface area contributed by atoms with Crippen LogP contribution in [0.1, 0.15) is 24.3 Å². The number of imide groups is 1. The average molecular weight is 580 g/mol. The van der Waals surface area contributed by atoms with Crippen LogP contribution < -0.4 is 4.90 Å². The van der Waals surface area contributed by atoms with Gasteiger partial charge in [0.1, 0.15) is 5.75 Å². The molecule has 2 amide bonds. The molecule has 1 N–H and O–H groups in total. The molecule has 4 atom stereocenters. The Morgan fingerprint density at radius 2 is 1.54 bits per heavy atom. The van der Waals surface area contributed by atoms with Crippen molar-refractivity contribution in [1.82, 2.24) is 0 Å². The second-order valence-corrected chi connectivity index (χ2v) is 11.3. The van der Waals surface area contributed by atoms with E-state index in [1.165, 1.54) is 11.0 Å². The van der Waals surface area contributed by atoms with E-state index >= 15 is 0 Å². The Morgan fingerprint density at radius 3 is 2.31 bits per heavy atom. The third-order valence-electron chi connectivity index (χ3n) is 8.59. The first kappa shape index (κ1) is 24.0. The molecule has 0 bridgehead atoms. The largest absolute Gasteiger partial charge is 0.507 e. The van der Waals surface area contributed by atoms with Crippen molar-refractivity contribution in [2.24, 2.45) is 17.8 Å². The molecule has 7 rings (SSSR count). The summed E-state index contributed by atoms with van der Waals surface area (Å²) in [7, 11) is 0. The number of carbonyl (C=O) groups is 4. The highest BCUT2D eigenvalue weighted by molar-refractivity contribution is 9.12. The first-order valence-electron chi connectivity index (χ1n) is 12.9. The summed E-state index contributed by atoms with van der Waals surface area (Å²) >= 11 is 3.27. The summed E-state index contributed by atoms with van der Waals surface area (Å²) < 4.78 is 0.195. The van der Waals surface area contributed by atoms with E-state index in [0.29, 0.717) is 28.6 Å². The van der Waals surface area contributed by atoms with Gasteiger partial charge in [0.15, 0.2) is 11.6 Å². The molecular weight excluding hydrogens is 558 g/mol. The molecule has 3 aromatic carbocycles. The van der Waals surface area contributed by atoms with Gasteiger partial charge in [-0.2, -0.15) is 0 Å². The van der Waals surface area contributed by atoms with Gasteiger partial charge in [-0.25, -0.2) is 0 Å². The maximum Gasteiger partial charge on any atom is 0.238 e. The topological polar surface area (TPSA) is 91.8 Å². The van der Waals surface area contributed by atoms with Crippen molar-refractivity contribution in [3.8, 4) is 5.75 Å². The number of ketones is 2. The molecule has 1 saturated heterocycles. The number of fused-ring (bicyclic) bond motifs is 4. The number of carbonyl (C=O) groups excluding carboxylic acids is 4. The second kappa shape index (κ2) is 8.71. The third-order valence-corrected chi connectivity index (χ3v) is 9.18.